The number of rotatable bonds is 5. The van der Waals surface area contributed by atoms with Gasteiger partial charge in [0, 0.05) is 27.1 Å². The first-order chi connectivity index (χ1) is 13.8. The number of carbonyl (C=O) groups is 1. The van der Waals surface area contributed by atoms with E-state index in [9.17, 15) is 9.90 Å². The van der Waals surface area contributed by atoms with Crippen LogP contribution >= 0.6 is 31.9 Å². The molecule has 5 nitrogen and oxygen atoms in total. The van der Waals surface area contributed by atoms with Crippen molar-refractivity contribution in [3.05, 3.63) is 79.5 Å². The SMILES string of the molecule is CCc1ccccc1-n1c(C)cc(/C=N\NC(=O)c2cc(Br)cc(Br)c2O)c1C. The van der Waals surface area contributed by atoms with Crippen LogP contribution in [-0.2, 0) is 6.42 Å². The number of phenols is 1. The largest absolute Gasteiger partial charge is 0.506 e. The maximum Gasteiger partial charge on any atom is 0.275 e. The summed E-state index contributed by atoms with van der Waals surface area (Å²) >= 11 is 6.54. The quantitative estimate of drug-likeness (QED) is 0.338. The molecule has 0 unspecified atom stereocenters. The fourth-order valence-electron chi connectivity index (χ4n) is 3.28. The second kappa shape index (κ2) is 8.97. The average molecular weight is 519 g/mol. The minimum absolute atomic E-state index is 0.129. The monoisotopic (exact) mass is 517 g/mol. The van der Waals surface area contributed by atoms with Crippen molar-refractivity contribution < 1.29 is 9.90 Å². The molecule has 0 atom stereocenters. The van der Waals surface area contributed by atoms with Crippen molar-refractivity contribution in [3.63, 3.8) is 0 Å². The Bertz CT molecular complexity index is 1100. The van der Waals surface area contributed by atoms with Crippen LogP contribution in [-0.4, -0.2) is 21.8 Å². The molecular formula is C22H21Br2N3O2. The van der Waals surface area contributed by atoms with E-state index in [1.807, 2.05) is 32.0 Å². The number of aromatic nitrogens is 1. The zero-order chi connectivity index (χ0) is 21.1. The Morgan fingerprint density at radius 1 is 1.21 bits per heavy atom. The van der Waals surface area contributed by atoms with Crippen molar-refractivity contribution in [2.24, 2.45) is 5.10 Å². The van der Waals surface area contributed by atoms with Crippen LogP contribution in [0.5, 0.6) is 5.75 Å². The number of para-hydroxylation sites is 1. The first kappa shape index (κ1) is 21.3. The number of halogens is 2. The van der Waals surface area contributed by atoms with E-state index in [2.05, 4.69) is 66.0 Å². The van der Waals surface area contributed by atoms with Crippen LogP contribution in [0.15, 0.2) is 56.5 Å². The van der Waals surface area contributed by atoms with Crippen molar-refractivity contribution in [2.75, 3.05) is 0 Å². The number of hydrogen-bond donors (Lipinski definition) is 2. The third-order valence-corrected chi connectivity index (χ3v) is 5.79. The van der Waals surface area contributed by atoms with Gasteiger partial charge in [0.05, 0.1) is 16.3 Å². The van der Waals surface area contributed by atoms with Gasteiger partial charge in [0.1, 0.15) is 5.75 Å². The van der Waals surface area contributed by atoms with E-state index in [-0.39, 0.29) is 11.3 Å². The van der Waals surface area contributed by atoms with E-state index in [0.29, 0.717) is 8.95 Å². The molecule has 0 aliphatic rings. The Labute approximate surface area is 186 Å². The third-order valence-electron chi connectivity index (χ3n) is 4.73. The van der Waals surface area contributed by atoms with Crippen LogP contribution in [0.4, 0.5) is 0 Å². The first-order valence-electron chi connectivity index (χ1n) is 9.12. The van der Waals surface area contributed by atoms with E-state index in [4.69, 9.17) is 0 Å². The van der Waals surface area contributed by atoms with Crippen LogP contribution in [0.3, 0.4) is 0 Å². The Morgan fingerprint density at radius 3 is 2.66 bits per heavy atom. The maximum absolute atomic E-state index is 12.4. The molecule has 2 N–H and O–H groups in total. The molecule has 3 aromatic rings. The molecular weight excluding hydrogens is 498 g/mol. The number of aryl methyl sites for hydroxylation is 2. The van der Waals surface area contributed by atoms with Gasteiger partial charge in [0.25, 0.3) is 5.91 Å². The Kier molecular flexibility index (Phi) is 6.59. The third kappa shape index (κ3) is 4.46. The van der Waals surface area contributed by atoms with Gasteiger partial charge < -0.3 is 9.67 Å². The summed E-state index contributed by atoms with van der Waals surface area (Å²) in [6, 6.07) is 13.6. The van der Waals surface area contributed by atoms with Gasteiger partial charge in [-0.05, 0) is 66.0 Å². The number of nitrogens with zero attached hydrogens (tertiary/aromatic N) is 2. The average Bonchev–Trinajstić information content (AvgIpc) is 2.97. The van der Waals surface area contributed by atoms with Crippen molar-refractivity contribution in [1.82, 2.24) is 9.99 Å². The lowest BCUT2D eigenvalue weighted by atomic mass is 10.1. The summed E-state index contributed by atoms with van der Waals surface area (Å²) in [5, 5.41) is 14.2. The lowest BCUT2D eigenvalue weighted by molar-refractivity contribution is 0.0952. The van der Waals surface area contributed by atoms with Crippen molar-refractivity contribution >= 4 is 44.0 Å². The lowest BCUT2D eigenvalue weighted by Gasteiger charge is -2.13. The van der Waals surface area contributed by atoms with Crippen LogP contribution in [0.25, 0.3) is 5.69 Å². The van der Waals surface area contributed by atoms with Gasteiger partial charge in [0.2, 0.25) is 0 Å². The van der Waals surface area contributed by atoms with Crippen LogP contribution in [0.2, 0.25) is 0 Å². The van der Waals surface area contributed by atoms with Gasteiger partial charge in [-0.2, -0.15) is 5.10 Å². The molecule has 1 amide bonds. The molecule has 29 heavy (non-hydrogen) atoms. The molecule has 0 aliphatic heterocycles. The predicted octanol–water partition coefficient (Wildman–Crippen LogP) is 5.65. The lowest BCUT2D eigenvalue weighted by Crippen LogP contribution is -2.18. The zero-order valence-corrected chi connectivity index (χ0v) is 19.5. The summed E-state index contributed by atoms with van der Waals surface area (Å²) in [7, 11) is 0. The van der Waals surface area contributed by atoms with Crippen molar-refractivity contribution in [3.8, 4) is 11.4 Å². The number of aromatic hydroxyl groups is 1. The van der Waals surface area contributed by atoms with Gasteiger partial charge in [-0.1, -0.05) is 41.1 Å². The molecule has 0 radical (unpaired) electrons. The standard InChI is InChI=1S/C22H21Br2N3O2/c1-4-15-7-5-6-8-20(15)27-13(2)9-16(14(27)3)12-25-26-22(29)18-10-17(23)11-19(24)21(18)28/h5-12,28H,4H2,1-3H3,(H,26,29)/b25-12-. The molecule has 150 valence electrons. The molecule has 0 fully saturated rings. The molecule has 2 aromatic carbocycles. The highest BCUT2D eigenvalue weighted by atomic mass is 79.9. The number of hydrazone groups is 1. The van der Waals surface area contributed by atoms with Crippen LogP contribution < -0.4 is 5.43 Å². The summed E-state index contributed by atoms with van der Waals surface area (Å²) in [6.45, 7) is 6.22. The van der Waals surface area contributed by atoms with Gasteiger partial charge in [-0.25, -0.2) is 5.43 Å². The Hall–Kier alpha value is -2.38. The van der Waals surface area contributed by atoms with Gasteiger partial charge in [-0.15, -0.1) is 0 Å². The van der Waals surface area contributed by atoms with E-state index >= 15 is 0 Å². The highest BCUT2D eigenvalue weighted by molar-refractivity contribution is 9.11. The minimum atomic E-state index is -0.495. The van der Waals surface area contributed by atoms with Gasteiger partial charge in [0.15, 0.2) is 0 Å². The molecule has 0 saturated carbocycles. The van der Waals surface area contributed by atoms with E-state index < -0.39 is 5.91 Å². The molecule has 0 saturated heterocycles. The van der Waals surface area contributed by atoms with Crippen molar-refractivity contribution in [1.29, 1.82) is 0 Å². The van der Waals surface area contributed by atoms with Crippen molar-refractivity contribution in [2.45, 2.75) is 27.2 Å². The van der Waals surface area contributed by atoms with E-state index in [1.54, 1.807) is 18.3 Å². The predicted molar refractivity (Wildman–Crippen MR) is 123 cm³/mol. The summed E-state index contributed by atoms with van der Waals surface area (Å²) in [4.78, 5) is 12.4. The van der Waals surface area contributed by atoms with Crippen LogP contribution in [0.1, 0.15) is 39.8 Å². The number of benzene rings is 2. The second-order valence-electron chi connectivity index (χ2n) is 6.63. The molecule has 1 heterocycles. The molecule has 0 bridgehead atoms. The molecule has 3 rings (SSSR count). The summed E-state index contributed by atoms with van der Waals surface area (Å²) in [5.41, 5.74) is 8.06. The number of amides is 1. The second-order valence-corrected chi connectivity index (χ2v) is 8.40. The highest BCUT2D eigenvalue weighted by Crippen LogP contribution is 2.31. The topological polar surface area (TPSA) is 66.6 Å². The van der Waals surface area contributed by atoms with E-state index in [0.717, 1.165) is 29.1 Å². The highest BCUT2D eigenvalue weighted by Gasteiger charge is 2.15. The minimum Gasteiger partial charge on any atom is -0.506 e. The Morgan fingerprint density at radius 2 is 1.93 bits per heavy atom. The molecule has 7 heteroatoms. The smallest absolute Gasteiger partial charge is 0.275 e. The fraction of sp³-hybridized carbons (Fsp3) is 0.182. The van der Waals surface area contributed by atoms with Gasteiger partial charge in [-0.3, -0.25) is 4.79 Å². The summed E-state index contributed by atoms with van der Waals surface area (Å²) in [5.74, 6) is -0.624. The van der Waals surface area contributed by atoms with E-state index in [1.165, 1.54) is 5.56 Å². The molecule has 0 spiro atoms. The van der Waals surface area contributed by atoms with Gasteiger partial charge >= 0.3 is 0 Å². The zero-order valence-electron chi connectivity index (χ0n) is 16.3. The fourth-order valence-corrected chi connectivity index (χ4v) is 4.50. The molecule has 1 aromatic heterocycles. The number of carbonyl (C=O) groups excluding carboxylic acids is 1. The maximum atomic E-state index is 12.4. The van der Waals surface area contributed by atoms with Crippen LogP contribution in [0, 0.1) is 13.8 Å². The first-order valence-corrected chi connectivity index (χ1v) is 10.7. The number of phenolic OH excluding ortho intramolecular Hbond substituents is 1. The number of hydrogen-bond acceptors (Lipinski definition) is 3. The number of nitrogens with one attached hydrogen (secondary N) is 1. The summed E-state index contributed by atoms with van der Waals surface area (Å²) in [6.07, 6.45) is 2.56. The molecule has 0 aliphatic carbocycles. The Balaban J connectivity index is 1.85. The summed E-state index contributed by atoms with van der Waals surface area (Å²) < 4.78 is 3.30. The normalized spacial score (nSPS) is 11.2.